The Kier molecular flexibility index (Phi) is 5.26. The van der Waals surface area contributed by atoms with E-state index in [1.54, 1.807) is 6.07 Å². The van der Waals surface area contributed by atoms with Crippen LogP contribution in [0.25, 0.3) is 0 Å². The maximum absolute atomic E-state index is 13.6. The first-order chi connectivity index (χ1) is 7.69. The van der Waals surface area contributed by atoms with Crippen LogP contribution in [-0.2, 0) is 6.42 Å². The van der Waals surface area contributed by atoms with E-state index >= 15 is 0 Å². The van der Waals surface area contributed by atoms with Gasteiger partial charge < -0.3 is 10.5 Å². The van der Waals surface area contributed by atoms with Crippen LogP contribution in [0.5, 0.6) is 5.75 Å². The summed E-state index contributed by atoms with van der Waals surface area (Å²) >= 11 is 0. The van der Waals surface area contributed by atoms with Crippen LogP contribution in [0.15, 0.2) is 18.2 Å². The van der Waals surface area contributed by atoms with Gasteiger partial charge in [0.05, 0.1) is 6.10 Å². The van der Waals surface area contributed by atoms with Crippen molar-refractivity contribution in [1.82, 2.24) is 0 Å². The first-order valence-corrected chi connectivity index (χ1v) is 5.83. The van der Waals surface area contributed by atoms with Crippen molar-refractivity contribution in [2.45, 2.75) is 39.2 Å². The summed E-state index contributed by atoms with van der Waals surface area (Å²) in [5.41, 5.74) is 6.34. The Labute approximate surface area is 96.6 Å². The van der Waals surface area contributed by atoms with Gasteiger partial charge in [0.15, 0.2) is 11.6 Å². The van der Waals surface area contributed by atoms with Gasteiger partial charge in [0.25, 0.3) is 0 Å². The van der Waals surface area contributed by atoms with Crippen LogP contribution in [0.1, 0.15) is 32.3 Å². The molecule has 0 saturated heterocycles. The third-order valence-corrected chi connectivity index (χ3v) is 2.48. The topological polar surface area (TPSA) is 35.2 Å². The molecule has 0 radical (unpaired) electrons. The number of ether oxygens (including phenoxy) is 1. The maximum Gasteiger partial charge on any atom is 0.165 e. The van der Waals surface area contributed by atoms with Gasteiger partial charge in [0, 0.05) is 0 Å². The van der Waals surface area contributed by atoms with Gasteiger partial charge in [-0.2, -0.15) is 0 Å². The Morgan fingerprint density at radius 1 is 1.44 bits per heavy atom. The molecule has 0 heterocycles. The molecule has 0 aliphatic rings. The quantitative estimate of drug-likeness (QED) is 0.808. The standard InChI is InChI=1S/C13H20FNO/c1-3-5-10(2)16-13-11(8-9-15)6-4-7-12(13)14/h4,6-7,10H,3,5,8-9,15H2,1-2H3. The van der Waals surface area contributed by atoms with Gasteiger partial charge in [-0.1, -0.05) is 25.5 Å². The number of hydrogen-bond donors (Lipinski definition) is 1. The van der Waals surface area contributed by atoms with Gasteiger partial charge in [-0.3, -0.25) is 0 Å². The zero-order valence-corrected chi connectivity index (χ0v) is 10.0. The molecule has 2 N–H and O–H groups in total. The predicted molar refractivity (Wildman–Crippen MR) is 64.2 cm³/mol. The molecule has 1 unspecified atom stereocenters. The molecule has 0 aliphatic carbocycles. The van der Waals surface area contributed by atoms with Crippen molar-refractivity contribution >= 4 is 0 Å². The van der Waals surface area contributed by atoms with Crippen molar-refractivity contribution in [2.24, 2.45) is 5.73 Å². The largest absolute Gasteiger partial charge is 0.487 e. The molecule has 0 bridgehead atoms. The van der Waals surface area contributed by atoms with Crippen LogP contribution in [0.2, 0.25) is 0 Å². The highest BCUT2D eigenvalue weighted by atomic mass is 19.1. The van der Waals surface area contributed by atoms with Crippen molar-refractivity contribution < 1.29 is 9.13 Å². The summed E-state index contributed by atoms with van der Waals surface area (Å²) in [6.07, 6.45) is 2.64. The van der Waals surface area contributed by atoms with Gasteiger partial charge in [-0.05, 0) is 37.9 Å². The molecule has 90 valence electrons. The molecule has 0 amide bonds. The second-order valence-electron chi connectivity index (χ2n) is 3.98. The van der Waals surface area contributed by atoms with E-state index < -0.39 is 0 Å². The Morgan fingerprint density at radius 2 is 2.19 bits per heavy atom. The minimum absolute atomic E-state index is 0.0402. The van der Waals surface area contributed by atoms with Crippen LogP contribution in [0.4, 0.5) is 4.39 Å². The van der Waals surface area contributed by atoms with Crippen LogP contribution in [0, 0.1) is 5.82 Å². The van der Waals surface area contributed by atoms with E-state index in [0.717, 1.165) is 18.4 Å². The number of halogens is 1. The Morgan fingerprint density at radius 3 is 2.81 bits per heavy atom. The van der Waals surface area contributed by atoms with Crippen molar-refractivity contribution in [3.63, 3.8) is 0 Å². The smallest absolute Gasteiger partial charge is 0.165 e. The predicted octanol–water partition coefficient (Wildman–Crippen LogP) is 2.89. The van der Waals surface area contributed by atoms with Crippen molar-refractivity contribution in [3.05, 3.63) is 29.6 Å². The zero-order chi connectivity index (χ0) is 12.0. The first kappa shape index (κ1) is 13.0. The van der Waals surface area contributed by atoms with E-state index in [-0.39, 0.29) is 11.9 Å². The summed E-state index contributed by atoms with van der Waals surface area (Å²) in [6.45, 7) is 4.55. The highest BCUT2D eigenvalue weighted by Crippen LogP contribution is 2.24. The molecule has 1 aromatic carbocycles. The molecule has 0 aliphatic heterocycles. The van der Waals surface area contributed by atoms with Crippen LogP contribution < -0.4 is 10.5 Å². The number of nitrogens with two attached hydrogens (primary N) is 1. The lowest BCUT2D eigenvalue weighted by Crippen LogP contribution is -2.14. The molecule has 0 fully saturated rings. The highest BCUT2D eigenvalue weighted by molar-refractivity contribution is 5.35. The summed E-state index contributed by atoms with van der Waals surface area (Å²) in [6, 6.07) is 4.98. The van der Waals surface area contributed by atoms with E-state index in [1.807, 2.05) is 13.0 Å². The Balaban J connectivity index is 2.83. The van der Waals surface area contributed by atoms with E-state index in [4.69, 9.17) is 10.5 Å². The van der Waals surface area contributed by atoms with Crippen LogP contribution in [0.3, 0.4) is 0 Å². The van der Waals surface area contributed by atoms with E-state index in [2.05, 4.69) is 6.92 Å². The average Bonchev–Trinajstić information content (AvgIpc) is 2.24. The second-order valence-corrected chi connectivity index (χ2v) is 3.98. The van der Waals surface area contributed by atoms with Crippen LogP contribution >= 0.6 is 0 Å². The molecule has 2 nitrogen and oxygen atoms in total. The maximum atomic E-state index is 13.6. The third kappa shape index (κ3) is 3.49. The molecule has 16 heavy (non-hydrogen) atoms. The van der Waals surface area contributed by atoms with Gasteiger partial charge in [-0.15, -0.1) is 0 Å². The molecule has 3 heteroatoms. The number of para-hydroxylation sites is 1. The third-order valence-electron chi connectivity index (χ3n) is 2.48. The molecule has 0 saturated carbocycles. The second kappa shape index (κ2) is 6.48. The van der Waals surface area contributed by atoms with E-state index in [9.17, 15) is 4.39 Å². The fourth-order valence-electron chi connectivity index (χ4n) is 1.70. The summed E-state index contributed by atoms with van der Waals surface area (Å²) in [4.78, 5) is 0. The fraction of sp³-hybridized carbons (Fsp3) is 0.538. The minimum Gasteiger partial charge on any atom is -0.487 e. The first-order valence-electron chi connectivity index (χ1n) is 5.83. The van der Waals surface area contributed by atoms with Crippen molar-refractivity contribution in [1.29, 1.82) is 0 Å². The lowest BCUT2D eigenvalue weighted by molar-refractivity contribution is 0.198. The van der Waals surface area contributed by atoms with Gasteiger partial charge >= 0.3 is 0 Å². The fourth-order valence-corrected chi connectivity index (χ4v) is 1.70. The lowest BCUT2D eigenvalue weighted by atomic mass is 10.1. The number of benzene rings is 1. The molecular weight excluding hydrogens is 205 g/mol. The number of rotatable bonds is 6. The normalized spacial score (nSPS) is 12.5. The Hall–Kier alpha value is -1.09. The van der Waals surface area contributed by atoms with Gasteiger partial charge in [-0.25, -0.2) is 4.39 Å². The minimum atomic E-state index is -0.297. The molecule has 1 aromatic rings. The summed E-state index contributed by atoms with van der Waals surface area (Å²) < 4.78 is 19.2. The van der Waals surface area contributed by atoms with Gasteiger partial charge in [0.1, 0.15) is 0 Å². The SMILES string of the molecule is CCCC(C)Oc1c(F)cccc1CCN. The van der Waals surface area contributed by atoms with Crippen molar-refractivity contribution in [3.8, 4) is 5.75 Å². The molecule has 0 aromatic heterocycles. The summed E-state index contributed by atoms with van der Waals surface area (Å²) in [7, 11) is 0. The molecule has 1 atom stereocenters. The summed E-state index contributed by atoms with van der Waals surface area (Å²) in [5.74, 6) is 0.0720. The van der Waals surface area contributed by atoms with E-state index in [0.29, 0.717) is 18.7 Å². The average molecular weight is 225 g/mol. The molecule has 0 spiro atoms. The van der Waals surface area contributed by atoms with Crippen LogP contribution in [-0.4, -0.2) is 12.6 Å². The monoisotopic (exact) mass is 225 g/mol. The highest BCUT2D eigenvalue weighted by Gasteiger charge is 2.12. The zero-order valence-electron chi connectivity index (χ0n) is 10.0. The summed E-state index contributed by atoms with van der Waals surface area (Å²) in [5, 5.41) is 0. The molecular formula is C13H20FNO. The van der Waals surface area contributed by atoms with Crippen molar-refractivity contribution in [2.75, 3.05) is 6.54 Å². The lowest BCUT2D eigenvalue weighted by Gasteiger charge is -2.17. The Bertz CT molecular complexity index is 328. The van der Waals surface area contributed by atoms with Gasteiger partial charge in [0.2, 0.25) is 0 Å². The molecule has 1 rings (SSSR count). The van der Waals surface area contributed by atoms with E-state index in [1.165, 1.54) is 6.07 Å². The number of hydrogen-bond acceptors (Lipinski definition) is 2.